The Kier molecular flexibility index (Phi) is 14.9. The summed E-state index contributed by atoms with van der Waals surface area (Å²) in [4.78, 5) is 24.3. The fourth-order valence-electron chi connectivity index (χ4n) is 3.68. The van der Waals surface area contributed by atoms with Crippen molar-refractivity contribution in [2.45, 2.75) is 56.9 Å². The van der Waals surface area contributed by atoms with Crippen molar-refractivity contribution in [3.8, 4) is 0 Å². The predicted octanol–water partition coefficient (Wildman–Crippen LogP) is 2.32. The molecule has 2 atom stereocenters. The highest BCUT2D eigenvalue weighted by molar-refractivity contribution is 7.97. The first-order valence-electron chi connectivity index (χ1n) is 12.4. The van der Waals surface area contributed by atoms with Crippen molar-refractivity contribution in [3.05, 3.63) is 42.4 Å². The van der Waals surface area contributed by atoms with Gasteiger partial charge in [0.25, 0.3) is 0 Å². The number of hydrogen-bond acceptors (Lipinski definition) is 9. The Morgan fingerprint density at radius 1 is 1.36 bits per heavy atom. The molecule has 1 saturated heterocycles. The van der Waals surface area contributed by atoms with Gasteiger partial charge in [-0.2, -0.15) is 0 Å². The highest BCUT2D eigenvalue weighted by atomic mass is 32.2. The van der Waals surface area contributed by atoms with E-state index in [1.165, 1.54) is 17.5 Å². The third kappa shape index (κ3) is 11.5. The number of carbonyl (C=O) groups is 1. The molecule has 0 bridgehead atoms. The molecule has 9 nitrogen and oxygen atoms in total. The van der Waals surface area contributed by atoms with Crippen LogP contribution >= 0.6 is 24.2 Å². The Hall–Kier alpha value is -1.83. The molecular weight excluding hydrogens is 497 g/mol. The van der Waals surface area contributed by atoms with Crippen LogP contribution in [0.25, 0.3) is 0 Å². The van der Waals surface area contributed by atoms with Gasteiger partial charge in [-0.1, -0.05) is 42.9 Å². The summed E-state index contributed by atoms with van der Waals surface area (Å²) >= 11 is 6.94. The molecule has 0 saturated carbocycles. The van der Waals surface area contributed by atoms with Gasteiger partial charge in [-0.3, -0.25) is 14.5 Å². The van der Waals surface area contributed by atoms with Gasteiger partial charge < -0.3 is 25.0 Å². The van der Waals surface area contributed by atoms with Crippen molar-refractivity contribution in [1.29, 1.82) is 0 Å². The maximum atomic E-state index is 13.3. The quantitative estimate of drug-likeness (QED) is 0.115. The zero-order chi connectivity index (χ0) is 26.2. The van der Waals surface area contributed by atoms with E-state index in [1.807, 2.05) is 6.92 Å². The largest absolute Gasteiger partial charge is 0.475 e. The smallest absolute Gasteiger partial charge is 0.426 e. The first-order valence-corrected chi connectivity index (χ1v) is 13.7. The van der Waals surface area contributed by atoms with E-state index in [2.05, 4.69) is 50.1 Å². The fraction of sp³-hybridized carbons (Fsp3) is 0.583. The van der Waals surface area contributed by atoms with Crippen LogP contribution in [0.15, 0.2) is 47.4 Å². The number of allylic oxidation sites excluding steroid dienone is 4. The van der Waals surface area contributed by atoms with E-state index < -0.39 is 19.0 Å². The number of nitrogens with zero attached hydrogens (tertiary/aromatic N) is 3. The first kappa shape index (κ1) is 30.4. The zero-order valence-electron chi connectivity index (χ0n) is 21.1. The van der Waals surface area contributed by atoms with Gasteiger partial charge in [-0.05, 0) is 44.6 Å². The molecule has 0 spiro atoms. The molecule has 12 heteroatoms. The van der Waals surface area contributed by atoms with Gasteiger partial charge in [-0.15, -0.1) is 0 Å². The second kappa shape index (κ2) is 17.6. The summed E-state index contributed by atoms with van der Waals surface area (Å²) in [6, 6.07) is 0. The summed E-state index contributed by atoms with van der Waals surface area (Å²) in [6.07, 6.45) is 14.4. The van der Waals surface area contributed by atoms with Crippen molar-refractivity contribution in [3.63, 3.8) is 0 Å². The minimum absolute atomic E-state index is 0.270. The summed E-state index contributed by atoms with van der Waals surface area (Å²) in [5.41, 5.74) is 1.19. The molecule has 0 radical (unpaired) electrons. The molecule has 2 rings (SSSR count). The third-order valence-corrected chi connectivity index (χ3v) is 6.96. The molecule has 1 aromatic heterocycles. The van der Waals surface area contributed by atoms with Crippen LogP contribution in [0, 0.1) is 5.92 Å². The minimum Gasteiger partial charge on any atom is -0.426 e. The Morgan fingerprint density at radius 3 is 2.78 bits per heavy atom. The van der Waals surface area contributed by atoms with Crippen molar-refractivity contribution in [1.82, 2.24) is 24.9 Å². The van der Waals surface area contributed by atoms with Gasteiger partial charge in [0.2, 0.25) is 5.91 Å². The van der Waals surface area contributed by atoms with Gasteiger partial charge in [0.15, 0.2) is 0 Å². The number of ether oxygens (including phenoxy) is 1. The Bertz CT molecular complexity index is 854. The Morgan fingerprint density at radius 2 is 2.14 bits per heavy atom. The number of thiocarbonyl (C=S) groups is 1. The lowest BCUT2D eigenvalue weighted by atomic mass is 9.76. The van der Waals surface area contributed by atoms with Crippen LogP contribution in [0.5, 0.6) is 0 Å². The van der Waals surface area contributed by atoms with Crippen LogP contribution in [0.3, 0.4) is 0 Å². The maximum Gasteiger partial charge on any atom is 0.475 e. The molecule has 1 aromatic rings. The van der Waals surface area contributed by atoms with Gasteiger partial charge in [-0.25, -0.2) is 4.98 Å². The van der Waals surface area contributed by atoms with E-state index in [9.17, 15) is 14.8 Å². The van der Waals surface area contributed by atoms with E-state index >= 15 is 0 Å². The molecule has 36 heavy (non-hydrogen) atoms. The highest BCUT2D eigenvalue weighted by Crippen LogP contribution is 2.16. The van der Waals surface area contributed by atoms with E-state index in [1.54, 1.807) is 18.6 Å². The first-order chi connectivity index (χ1) is 17.4. The summed E-state index contributed by atoms with van der Waals surface area (Å²) in [5, 5.41) is 23.4. The van der Waals surface area contributed by atoms with Crippen molar-refractivity contribution < 1.29 is 19.6 Å². The second-order valence-corrected chi connectivity index (χ2v) is 9.87. The van der Waals surface area contributed by atoms with Crippen LogP contribution in [0.4, 0.5) is 0 Å². The van der Waals surface area contributed by atoms with Crippen LogP contribution in [0.1, 0.15) is 46.0 Å². The number of rotatable bonds is 15. The van der Waals surface area contributed by atoms with E-state index in [0.29, 0.717) is 62.1 Å². The van der Waals surface area contributed by atoms with Gasteiger partial charge in [0, 0.05) is 38.4 Å². The van der Waals surface area contributed by atoms with E-state index in [-0.39, 0.29) is 5.91 Å². The van der Waals surface area contributed by atoms with Crippen LogP contribution in [-0.2, 0) is 9.53 Å². The molecule has 0 aromatic carbocycles. The SMILES string of the molecule is C/C=C(\C=C/CC)CCCC(NC(=O)C(CNSc1cnccn1)CC(=S)N1CCOCC1)B(O)O. The molecule has 1 aliphatic heterocycles. The molecular formula is C24H38BN5O4S2. The van der Waals surface area contributed by atoms with Gasteiger partial charge >= 0.3 is 7.12 Å². The zero-order valence-corrected chi connectivity index (χ0v) is 22.8. The summed E-state index contributed by atoms with van der Waals surface area (Å²) in [7, 11) is -1.65. The average Bonchev–Trinajstić information content (AvgIpc) is 2.90. The minimum atomic E-state index is -1.65. The van der Waals surface area contributed by atoms with Crippen molar-refractivity contribution in [2.24, 2.45) is 5.92 Å². The van der Waals surface area contributed by atoms with Crippen LogP contribution in [-0.4, -0.2) is 81.7 Å². The number of aromatic nitrogens is 2. The lowest BCUT2D eigenvalue weighted by molar-refractivity contribution is -0.125. The number of nitrogens with one attached hydrogen (secondary N) is 2. The number of amides is 1. The molecule has 4 N–H and O–H groups in total. The number of morpholine rings is 1. The van der Waals surface area contributed by atoms with E-state index in [0.717, 1.165) is 12.8 Å². The Labute approximate surface area is 224 Å². The summed E-state index contributed by atoms with van der Waals surface area (Å²) < 4.78 is 8.60. The molecule has 2 unspecified atom stereocenters. The Balaban J connectivity index is 1.98. The lowest BCUT2D eigenvalue weighted by Gasteiger charge is -2.31. The lowest BCUT2D eigenvalue weighted by Crippen LogP contribution is -2.50. The monoisotopic (exact) mass is 535 g/mol. The molecule has 198 valence electrons. The number of carbonyl (C=O) groups excluding carboxylic acids is 1. The second-order valence-electron chi connectivity index (χ2n) is 8.48. The van der Waals surface area contributed by atoms with Crippen molar-refractivity contribution in [2.75, 3.05) is 32.8 Å². The number of hydrogen-bond donors (Lipinski definition) is 4. The normalized spacial score (nSPS) is 16.1. The molecule has 1 fully saturated rings. The summed E-state index contributed by atoms with van der Waals surface area (Å²) in [5.74, 6) is -1.53. The predicted molar refractivity (Wildman–Crippen MR) is 148 cm³/mol. The molecule has 1 amide bonds. The average molecular weight is 536 g/mol. The topological polar surface area (TPSA) is 120 Å². The maximum absolute atomic E-state index is 13.3. The van der Waals surface area contributed by atoms with Gasteiger partial charge in [0.05, 0.1) is 36.3 Å². The molecule has 1 aliphatic rings. The highest BCUT2D eigenvalue weighted by Gasteiger charge is 2.30. The summed E-state index contributed by atoms with van der Waals surface area (Å²) in [6.45, 7) is 7.02. The van der Waals surface area contributed by atoms with Crippen LogP contribution in [0.2, 0.25) is 0 Å². The van der Waals surface area contributed by atoms with E-state index in [4.69, 9.17) is 17.0 Å². The standard InChI is InChI=1S/C24H38BN5O4S2/c1-3-5-7-19(4-2)8-6-9-21(25(32)33)29-24(31)20(16-23(35)30-12-14-34-15-13-30)17-28-36-22-18-26-10-11-27-22/h4-5,7,10-11,18,20-21,28,32-33H,3,6,8-9,12-17H2,1-2H3,(H,29,31)/b7-5-,19-4+. The fourth-order valence-corrected chi connectivity index (χ4v) is 4.72. The van der Waals surface area contributed by atoms with Crippen LogP contribution < -0.4 is 10.0 Å². The third-order valence-electron chi connectivity index (χ3n) is 5.81. The molecule has 2 heterocycles. The van der Waals surface area contributed by atoms with Gasteiger partial charge in [0.1, 0.15) is 5.03 Å². The molecule has 0 aliphatic carbocycles. The van der Waals surface area contributed by atoms with Crippen molar-refractivity contribution >= 4 is 42.2 Å².